The molecule has 0 bridgehead atoms. The van der Waals surface area contributed by atoms with Gasteiger partial charge in [-0.3, -0.25) is 4.79 Å². The van der Waals surface area contributed by atoms with Gasteiger partial charge in [-0.15, -0.1) is 0 Å². The van der Waals surface area contributed by atoms with E-state index >= 15 is 0 Å². The van der Waals surface area contributed by atoms with Crippen LogP contribution in [0.3, 0.4) is 0 Å². The van der Waals surface area contributed by atoms with Crippen LogP contribution in [0, 0.1) is 0 Å². The molecule has 6 heteroatoms. The van der Waals surface area contributed by atoms with Crippen molar-refractivity contribution in [1.29, 1.82) is 0 Å². The monoisotopic (exact) mass is 377 g/mol. The van der Waals surface area contributed by atoms with Gasteiger partial charge in [0.25, 0.3) is 0 Å². The zero-order chi connectivity index (χ0) is 19.8. The van der Waals surface area contributed by atoms with Gasteiger partial charge in [0.1, 0.15) is 11.5 Å². The number of allylic oxidation sites excluding steroid dienone is 1. The van der Waals surface area contributed by atoms with Crippen molar-refractivity contribution < 1.29 is 23.8 Å². The summed E-state index contributed by atoms with van der Waals surface area (Å²) in [5, 5.41) is 1.04. The number of aromatic nitrogens is 1. The van der Waals surface area contributed by atoms with E-state index in [1.807, 2.05) is 42.1 Å². The van der Waals surface area contributed by atoms with Gasteiger partial charge < -0.3 is 18.8 Å². The Bertz CT molecular complexity index is 1130. The van der Waals surface area contributed by atoms with Crippen LogP contribution in [0.25, 0.3) is 17.0 Å². The Morgan fingerprint density at radius 2 is 2.00 bits per heavy atom. The second kappa shape index (κ2) is 6.88. The van der Waals surface area contributed by atoms with Gasteiger partial charge >= 0.3 is 5.97 Å². The number of methoxy groups -OCH3 is 1. The fourth-order valence-corrected chi connectivity index (χ4v) is 3.29. The predicted molar refractivity (Wildman–Crippen MR) is 104 cm³/mol. The third-order valence-electron chi connectivity index (χ3n) is 4.70. The lowest BCUT2D eigenvalue weighted by molar-refractivity contribution is -0.147. The molecule has 0 saturated carbocycles. The fourth-order valence-electron chi connectivity index (χ4n) is 3.29. The van der Waals surface area contributed by atoms with Crippen molar-refractivity contribution >= 4 is 28.7 Å². The van der Waals surface area contributed by atoms with Crippen LogP contribution < -0.4 is 9.47 Å². The normalized spacial score (nSPS) is 15.4. The first-order chi connectivity index (χ1) is 13.5. The molecule has 2 heterocycles. The van der Waals surface area contributed by atoms with Gasteiger partial charge in [0.05, 0.1) is 12.7 Å². The number of ether oxygens (including phenoxy) is 3. The summed E-state index contributed by atoms with van der Waals surface area (Å²) in [4.78, 5) is 24.2. The number of benzene rings is 2. The summed E-state index contributed by atoms with van der Waals surface area (Å²) in [5.41, 5.74) is 2.44. The lowest BCUT2D eigenvalue weighted by Gasteiger charge is -2.12. The standard InChI is InChI=1S/C22H19NO5/c1-13(22(25)26-3)27-15-8-9-17-19(11-15)28-20(21(17)24)10-14-12-23(2)18-7-5-4-6-16(14)18/h4-13H,1-3H3/b20-10-/t13-/m1/s1. The number of hydrogen-bond donors (Lipinski definition) is 0. The number of aryl methyl sites for hydroxylation is 1. The maximum absolute atomic E-state index is 12.7. The van der Waals surface area contributed by atoms with E-state index in [-0.39, 0.29) is 11.5 Å². The quantitative estimate of drug-likeness (QED) is 0.512. The molecule has 1 aliphatic rings. The summed E-state index contributed by atoms with van der Waals surface area (Å²) in [6.07, 6.45) is 2.96. The number of ketones is 1. The third-order valence-corrected chi connectivity index (χ3v) is 4.70. The summed E-state index contributed by atoms with van der Waals surface area (Å²) in [6, 6.07) is 12.9. The molecule has 1 aromatic heterocycles. The number of fused-ring (bicyclic) bond motifs is 2. The lowest BCUT2D eigenvalue weighted by Crippen LogP contribution is -2.24. The highest BCUT2D eigenvalue weighted by Crippen LogP contribution is 2.36. The number of para-hydroxylation sites is 1. The van der Waals surface area contributed by atoms with Gasteiger partial charge in [-0.1, -0.05) is 18.2 Å². The fraction of sp³-hybridized carbons (Fsp3) is 0.182. The first kappa shape index (κ1) is 17.9. The second-order valence-electron chi connectivity index (χ2n) is 6.59. The molecule has 0 amide bonds. The molecule has 0 N–H and O–H groups in total. The van der Waals surface area contributed by atoms with Gasteiger partial charge in [0.15, 0.2) is 11.9 Å². The first-order valence-electron chi connectivity index (χ1n) is 8.85. The summed E-state index contributed by atoms with van der Waals surface area (Å²) < 4.78 is 18.0. The Kier molecular flexibility index (Phi) is 4.39. The first-order valence-corrected chi connectivity index (χ1v) is 8.85. The summed E-state index contributed by atoms with van der Waals surface area (Å²) >= 11 is 0. The van der Waals surface area contributed by atoms with Crippen molar-refractivity contribution in [3.05, 3.63) is 65.5 Å². The van der Waals surface area contributed by atoms with Crippen molar-refractivity contribution in [2.45, 2.75) is 13.0 Å². The summed E-state index contributed by atoms with van der Waals surface area (Å²) in [5.74, 6) is 0.427. The molecule has 0 aliphatic carbocycles. The molecular weight excluding hydrogens is 358 g/mol. The van der Waals surface area contributed by atoms with Gasteiger partial charge in [-0.2, -0.15) is 0 Å². The minimum Gasteiger partial charge on any atom is -0.479 e. The molecule has 0 spiro atoms. The minimum atomic E-state index is -0.758. The van der Waals surface area contributed by atoms with Crippen LogP contribution >= 0.6 is 0 Å². The van der Waals surface area contributed by atoms with Gasteiger partial charge in [0, 0.05) is 35.8 Å². The molecule has 1 atom stereocenters. The topological polar surface area (TPSA) is 66.8 Å². The number of esters is 1. The summed E-state index contributed by atoms with van der Waals surface area (Å²) in [6.45, 7) is 1.59. The SMILES string of the molecule is COC(=O)[C@@H](C)Oc1ccc2c(c1)O/C(=C\c1cn(C)c3ccccc13)C2=O. The zero-order valence-electron chi connectivity index (χ0n) is 15.8. The van der Waals surface area contributed by atoms with Gasteiger partial charge in [-0.05, 0) is 31.2 Å². The molecule has 28 heavy (non-hydrogen) atoms. The number of carbonyl (C=O) groups excluding carboxylic acids is 2. The second-order valence-corrected chi connectivity index (χ2v) is 6.59. The Balaban J connectivity index is 1.63. The minimum absolute atomic E-state index is 0.185. The van der Waals surface area contributed by atoms with Crippen LogP contribution in [0.4, 0.5) is 0 Å². The van der Waals surface area contributed by atoms with E-state index in [9.17, 15) is 9.59 Å². The average Bonchev–Trinajstić information content (AvgIpc) is 3.18. The molecule has 142 valence electrons. The Morgan fingerprint density at radius 3 is 2.79 bits per heavy atom. The van der Waals surface area contributed by atoms with Crippen molar-refractivity contribution in [2.24, 2.45) is 7.05 Å². The molecule has 0 fully saturated rings. The highest BCUT2D eigenvalue weighted by Gasteiger charge is 2.28. The predicted octanol–water partition coefficient (Wildman–Crippen LogP) is 3.73. The maximum atomic E-state index is 12.7. The van der Waals surface area contributed by atoms with Crippen molar-refractivity contribution in [3.63, 3.8) is 0 Å². The third kappa shape index (κ3) is 3.03. The van der Waals surface area contributed by atoms with E-state index in [0.29, 0.717) is 17.1 Å². The van der Waals surface area contributed by atoms with E-state index in [1.165, 1.54) is 7.11 Å². The Hall–Kier alpha value is -3.54. The van der Waals surface area contributed by atoms with E-state index < -0.39 is 12.1 Å². The molecule has 0 radical (unpaired) electrons. The number of hydrogen-bond acceptors (Lipinski definition) is 5. The van der Waals surface area contributed by atoms with Crippen molar-refractivity contribution in [2.75, 3.05) is 7.11 Å². The highest BCUT2D eigenvalue weighted by molar-refractivity contribution is 6.15. The molecule has 0 unspecified atom stereocenters. The van der Waals surface area contributed by atoms with Crippen LogP contribution in [0.15, 0.2) is 54.4 Å². The number of nitrogens with zero attached hydrogens (tertiary/aromatic N) is 1. The average molecular weight is 377 g/mol. The zero-order valence-corrected chi connectivity index (χ0v) is 15.8. The van der Waals surface area contributed by atoms with Crippen molar-refractivity contribution in [3.8, 4) is 11.5 Å². The Labute approximate surface area is 161 Å². The maximum Gasteiger partial charge on any atom is 0.346 e. The largest absolute Gasteiger partial charge is 0.479 e. The highest BCUT2D eigenvalue weighted by atomic mass is 16.6. The molecule has 0 saturated heterocycles. The van der Waals surface area contributed by atoms with Gasteiger partial charge in [-0.25, -0.2) is 4.79 Å². The van der Waals surface area contributed by atoms with Crippen LogP contribution in [0.2, 0.25) is 0 Å². The van der Waals surface area contributed by atoms with Gasteiger partial charge in [0.2, 0.25) is 5.78 Å². The number of rotatable bonds is 4. The van der Waals surface area contributed by atoms with Crippen LogP contribution in [-0.4, -0.2) is 29.5 Å². The van der Waals surface area contributed by atoms with Crippen molar-refractivity contribution in [1.82, 2.24) is 4.57 Å². The summed E-state index contributed by atoms with van der Waals surface area (Å²) in [7, 11) is 3.26. The molecule has 2 aromatic carbocycles. The van der Waals surface area contributed by atoms with Crippen LogP contribution in [0.5, 0.6) is 11.5 Å². The molecule has 1 aliphatic heterocycles. The molecular formula is C22H19NO5. The Morgan fingerprint density at radius 1 is 1.21 bits per heavy atom. The number of Topliss-reactive ketones (excluding diaryl/α,β-unsaturated/α-hetero) is 1. The molecule has 4 rings (SSSR count). The lowest BCUT2D eigenvalue weighted by atomic mass is 10.1. The molecule has 6 nitrogen and oxygen atoms in total. The van der Waals surface area contributed by atoms with E-state index in [4.69, 9.17) is 9.47 Å². The van der Waals surface area contributed by atoms with Crippen LogP contribution in [-0.2, 0) is 16.6 Å². The van der Waals surface area contributed by atoms with E-state index in [0.717, 1.165) is 16.5 Å². The van der Waals surface area contributed by atoms with E-state index in [2.05, 4.69) is 4.74 Å². The van der Waals surface area contributed by atoms with E-state index in [1.54, 1.807) is 31.2 Å². The smallest absolute Gasteiger partial charge is 0.346 e. The van der Waals surface area contributed by atoms with Crippen LogP contribution in [0.1, 0.15) is 22.8 Å². The molecule has 3 aromatic rings. The number of carbonyl (C=O) groups is 2.